The second-order valence-corrected chi connectivity index (χ2v) is 7.56. The number of nitrogens with zero attached hydrogens (tertiary/aromatic N) is 1. The lowest BCUT2D eigenvalue weighted by Gasteiger charge is -2.39. The van der Waals surface area contributed by atoms with Crippen molar-refractivity contribution in [1.82, 2.24) is 4.98 Å². The molecule has 1 saturated heterocycles. The minimum atomic E-state index is -0.689. The number of pyridine rings is 1. The highest BCUT2D eigenvalue weighted by Crippen LogP contribution is 2.75. The van der Waals surface area contributed by atoms with E-state index in [1.807, 2.05) is 0 Å². The van der Waals surface area contributed by atoms with Gasteiger partial charge in [0.1, 0.15) is 5.82 Å². The first kappa shape index (κ1) is 13.5. The number of rotatable bonds is 2. The molecule has 4 rings (SSSR count). The third-order valence-electron chi connectivity index (χ3n) is 6.53. The molecule has 4 nitrogen and oxygen atoms in total. The molecule has 0 spiro atoms. The van der Waals surface area contributed by atoms with Gasteiger partial charge in [-0.15, -0.1) is 0 Å². The molecule has 2 aliphatic carbocycles. The van der Waals surface area contributed by atoms with Crippen molar-refractivity contribution in [2.24, 2.45) is 16.7 Å². The molecule has 0 unspecified atom stereocenters. The van der Waals surface area contributed by atoms with Crippen molar-refractivity contribution in [3.8, 4) is 0 Å². The van der Waals surface area contributed by atoms with E-state index in [2.05, 4.69) is 24.1 Å². The Morgan fingerprint density at radius 2 is 2.29 bits per heavy atom. The van der Waals surface area contributed by atoms with E-state index in [1.165, 1.54) is 12.6 Å². The van der Waals surface area contributed by atoms with Gasteiger partial charge < -0.3 is 10.1 Å². The summed E-state index contributed by atoms with van der Waals surface area (Å²) in [4.78, 5) is 17.1. The van der Waals surface area contributed by atoms with Crippen LogP contribution >= 0.6 is 11.6 Å². The van der Waals surface area contributed by atoms with Crippen LogP contribution in [0.2, 0.25) is 5.02 Å². The van der Waals surface area contributed by atoms with Crippen LogP contribution in [0.4, 0.5) is 5.82 Å². The summed E-state index contributed by atoms with van der Waals surface area (Å²) in [6, 6.07) is 3.45. The van der Waals surface area contributed by atoms with Crippen LogP contribution in [0.1, 0.15) is 33.1 Å². The number of carbonyl (C=O) groups is 1. The lowest BCUT2D eigenvalue weighted by atomic mass is 9.66. The molecule has 3 fully saturated rings. The average Bonchev–Trinajstić information content (AvgIpc) is 2.93. The zero-order valence-electron chi connectivity index (χ0n) is 12.3. The van der Waals surface area contributed by atoms with Crippen LogP contribution in [0.15, 0.2) is 18.3 Å². The van der Waals surface area contributed by atoms with Gasteiger partial charge in [-0.2, -0.15) is 0 Å². The molecule has 0 aromatic carbocycles. The summed E-state index contributed by atoms with van der Waals surface area (Å²) in [5.41, 5.74) is -0.620. The first-order chi connectivity index (χ1) is 9.91. The number of carbonyl (C=O) groups excluding carboxylic acids is 1. The Morgan fingerprint density at radius 3 is 2.90 bits per heavy atom. The maximum Gasteiger partial charge on any atom is 0.258 e. The maximum absolute atomic E-state index is 12.9. The Labute approximate surface area is 129 Å². The van der Waals surface area contributed by atoms with Gasteiger partial charge in [0.15, 0.2) is 5.60 Å². The van der Waals surface area contributed by atoms with Gasteiger partial charge in [-0.05, 0) is 37.3 Å². The molecule has 5 heteroatoms. The van der Waals surface area contributed by atoms with Crippen molar-refractivity contribution in [2.75, 3.05) is 11.9 Å². The minimum absolute atomic E-state index is 0.0502. The van der Waals surface area contributed by atoms with Gasteiger partial charge in [-0.1, -0.05) is 25.4 Å². The second-order valence-electron chi connectivity index (χ2n) is 7.12. The number of ether oxygens (including phenoxy) is 1. The Hall–Kier alpha value is -1.13. The molecule has 1 N–H and O–H groups in total. The van der Waals surface area contributed by atoms with E-state index in [9.17, 15) is 4.79 Å². The first-order valence-corrected chi connectivity index (χ1v) is 7.86. The summed E-state index contributed by atoms with van der Waals surface area (Å²) in [6.45, 7) is 5.20. The van der Waals surface area contributed by atoms with Gasteiger partial charge in [0.05, 0.1) is 11.6 Å². The molecule has 3 aliphatic rings. The van der Waals surface area contributed by atoms with Gasteiger partial charge >= 0.3 is 0 Å². The summed E-state index contributed by atoms with van der Waals surface area (Å²) in [5, 5.41) is 3.48. The summed E-state index contributed by atoms with van der Waals surface area (Å²) in [7, 11) is 0. The lowest BCUT2D eigenvalue weighted by Crippen LogP contribution is -2.52. The molecule has 21 heavy (non-hydrogen) atoms. The predicted octanol–water partition coefficient (Wildman–Crippen LogP) is 3.27. The Morgan fingerprint density at radius 1 is 1.48 bits per heavy atom. The highest BCUT2D eigenvalue weighted by molar-refractivity contribution is 6.30. The van der Waals surface area contributed by atoms with Gasteiger partial charge in [-0.3, -0.25) is 4.79 Å². The molecule has 1 aliphatic heterocycles. The van der Waals surface area contributed by atoms with Gasteiger partial charge in [0, 0.05) is 17.0 Å². The van der Waals surface area contributed by atoms with Crippen molar-refractivity contribution in [3.05, 3.63) is 23.4 Å². The van der Waals surface area contributed by atoms with Crippen molar-refractivity contribution < 1.29 is 9.53 Å². The molecular weight excluding hydrogens is 288 g/mol. The van der Waals surface area contributed by atoms with Crippen molar-refractivity contribution in [1.29, 1.82) is 0 Å². The third kappa shape index (κ3) is 1.45. The molecule has 2 saturated carbocycles. The molecule has 4 bridgehead atoms. The van der Waals surface area contributed by atoms with Crippen LogP contribution in [0.5, 0.6) is 0 Å². The smallest absolute Gasteiger partial charge is 0.258 e. The second kappa shape index (κ2) is 3.99. The number of halogens is 1. The summed E-state index contributed by atoms with van der Waals surface area (Å²) >= 11 is 5.83. The van der Waals surface area contributed by atoms with E-state index in [1.54, 1.807) is 12.1 Å². The number of nitrogens with one attached hydrogen (secondary N) is 1. The van der Waals surface area contributed by atoms with Crippen LogP contribution in [0.25, 0.3) is 0 Å². The molecule has 112 valence electrons. The molecule has 1 amide bonds. The topological polar surface area (TPSA) is 51.2 Å². The summed E-state index contributed by atoms with van der Waals surface area (Å²) in [5.74, 6) is 1.08. The largest absolute Gasteiger partial charge is 0.364 e. The predicted molar refractivity (Wildman–Crippen MR) is 80.1 cm³/mol. The third-order valence-corrected chi connectivity index (χ3v) is 6.76. The van der Waals surface area contributed by atoms with Crippen LogP contribution in [0.3, 0.4) is 0 Å². The monoisotopic (exact) mass is 306 g/mol. The highest BCUT2D eigenvalue weighted by Gasteiger charge is 2.78. The van der Waals surface area contributed by atoms with Gasteiger partial charge in [0.25, 0.3) is 5.91 Å². The zero-order chi connectivity index (χ0) is 14.9. The normalized spacial score (nSPS) is 43.3. The number of amides is 1. The maximum atomic E-state index is 12.9. The SMILES string of the molecule is C[C@@]12CC[C@H]3C[C@@]1(C(=O)Nc1ccc(Cl)cn1)OC[C@@]32C. The number of anilines is 1. The number of aromatic nitrogens is 1. The Kier molecular flexibility index (Phi) is 2.57. The molecule has 1 aromatic heterocycles. The molecule has 4 atom stereocenters. The fraction of sp³-hybridized carbons (Fsp3) is 0.625. The number of hydrogen-bond donors (Lipinski definition) is 1. The first-order valence-electron chi connectivity index (χ1n) is 7.48. The summed E-state index contributed by atoms with van der Waals surface area (Å²) < 4.78 is 6.07. The summed E-state index contributed by atoms with van der Waals surface area (Å²) in [6.07, 6.45) is 4.65. The molecule has 0 radical (unpaired) electrons. The zero-order valence-corrected chi connectivity index (χ0v) is 13.0. The Balaban J connectivity index is 1.65. The van der Waals surface area contributed by atoms with Crippen LogP contribution in [-0.2, 0) is 9.53 Å². The van der Waals surface area contributed by atoms with E-state index in [0.717, 1.165) is 12.8 Å². The van der Waals surface area contributed by atoms with Crippen molar-refractivity contribution >= 4 is 23.3 Å². The Bertz CT molecular complexity index is 619. The van der Waals surface area contributed by atoms with E-state index in [4.69, 9.17) is 16.3 Å². The van der Waals surface area contributed by atoms with Gasteiger partial charge in [0.2, 0.25) is 0 Å². The van der Waals surface area contributed by atoms with Crippen molar-refractivity contribution in [2.45, 2.75) is 38.7 Å². The van der Waals surface area contributed by atoms with Crippen LogP contribution in [0, 0.1) is 16.7 Å². The van der Waals surface area contributed by atoms with E-state index in [0.29, 0.717) is 23.4 Å². The highest BCUT2D eigenvalue weighted by atomic mass is 35.5. The van der Waals surface area contributed by atoms with E-state index in [-0.39, 0.29) is 16.7 Å². The molecule has 2 heterocycles. The van der Waals surface area contributed by atoms with Crippen LogP contribution < -0.4 is 5.32 Å². The standard InChI is InChI=1S/C16H19ClN2O2/c1-14-9-21-16(7-10(14)5-6-15(14,16)2)13(20)19-12-4-3-11(17)8-18-12/h3-4,8,10H,5-7,9H2,1-2H3,(H,18,19,20)/t10-,14-,15-,16-/m0/s1. The number of hydrogen-bond acceptors (Lipinski definition) is 3. The quantitative estimate of drug-likeness (QED) is 0.912. The fourth-order valence-electron chi connectivity index (χ4n) is 4.92. The minimum Gasteiger partial charge on any atom is -0.364 e. The van der Waals surface area contributed by atoms with Gasteiger partial charge in [-0.25, -0.2) is 4.98 Å². The lowest BCUT2D eigenvalue weighted by molar-refractivity contribution is -0.149. The molecular formula is C16H19ClN2O2. The fourth-order valence-corrected chi connectivity index (χ4v) is 5.04. The van der Waals surface area contributed by atoms with Crippen molar-refractivity contribution in [3.63, 3.8) is 0 Å². The van der Waals surface area contributed by atoms with E-state index < -0.39 is 5.60 Å². The van der Waals surface area contributed by atoms with E-state index >= 15 is 0 Å². The van der Waals surface area contributed by atoms with Crippen LogP contribution in [-0.4, -0.2) is 23.1 Å². The molecule has 1 aromatic rings. The average molecular weight is 307 g/mol.